The number of hydrogen-bond donors (Lipinski definition) is 0. The van der Waals surface area contributed by atoms with Crippen molar-refractivity contribution in [3.63, 3.8) is 0 Å². The van der Waals surface area contributed by atoms with Gasteiger partial charge in [0, 0.05) is 25.6 Å². The Balaban J connectivity index is 1.88. The van der Waals surface area contributed by atoms with Crippen LogP contribution < -0.4 is 5.76 Å². The molecule has 100 valence electrons. The lowest BCUT2D eigenvalue weighted by Crippen LogP contribution is -2.12. The van der Waals surface area contributed by atoms with Crippen LogP contribution >= 0.6 is 0 Å². The van der Waals surface area contributed by atoms with Crippen LogP contribution in [0.15, 0.2) is 27.4 Å². The van der Waals surface area contributed by atoms with Gasteiger partial charge >= 0.3 is 5.76 Å². The molecule has 1 aliphatic rings. The number of oxazole rings is 1. The number of aryl methyl sites for hydroxylation is 1. The number of carbonyl (C=O) groups excluding carboxylic acids is 1. The molecule has 3 rings (SSSR count). The van der Waals surface area contributed by atoms with Gasteiger partial charge in [-0.15, -0.1) is 0 Å². The summed E-state index contributed by atoms with van der Waals surface area (Å²) in [5.41, 5.74) is 1.71. The van der Waals surface area contributed by atoms with Gasteiger partial charge in [0.15, 0.2) is 11.4 Å². The smallest absolute Gasteiger partial charge is 0.408 e. The second-order valence-corrected chi connectivity index (χ2v) is 4.87. The van der Waals surface area contributed by atoms with Crippen molar-refractivity contribution in [1.29, 1.82) is 0 Å². The minimum atomic E-state index is -0.418. The van der Waals surface area contributed by atoms with E-state index in [4.69, 9.17) is 9.15 Å². The highest BCUT2D eigenvalue weighted by molar-refractivity contribution is 5.98. The number of benzene rings is 1. The van der Waals surface area contributed by atoms with Gasteiger partial charge in [0.05, 0.1) is 11.6 Å². The van der Waals surface area contributed by atoms with Gasteiger partial charge in [0.25, 0.3) is 0 Å². The maximum absolute atomic E-state index is 12.1. The van der Waals surface area contributed by atoms with Crippen LogP contribution in [0.5, 0.6) is 0 Å². The lowest BCUT2D eigenvalue weighted by atomic mass is 10.0. The largest absolute Gasteiger partial charge is 0.419 e. The Hall–Kier alpha value is -1.88. The van der Waals surface area contributed by atoms with E-state index < -0.39 is 5.76 Å². The number of carbonyl (C=O) groups is 1. The highest BCUT2D eigenvalue weighted by Crippen LogP contribution is 2.20. The van der Waals surface area contributed by atoms with E-state index in [1.807, 2.05) is 0 Å². The maximum Gasteiger partial charge on any atom is 0.419 e. The molecule has 2 heterocycles. The van der Waals surface area contributed by atoms with Crippen LogP contribution in [-0.2, 0) is 11.8 Å². The monoisotopic (exact) mass is 261 g/mol. The normalized spacial score (nSPS) is 19.1. The van der Waals surface area contributed by atoms with E-state index in [0.717, 1.165) is 19.4 Å². The fourth-order valence-corrected chi connectivity index (χ4v) is 2.44. The molecule has 0 aliphatic carbocycles. The molecule has 0 bridgehead atoms. The first-order valence-corrected chi connectivity index (χ1v) is 6.39. The fourth-order valence-electron chi connectivity index (χ4n) is 2.44. The van der Waals surface area contributed by atoms with E-state index in [2.05, 4.69) is 0 Å². The summed E-state index contributed by atoms with van der Waals surface area (Å²) in [6.07, 6.45) is 2.38. The van der Waals surface area contributed by atoms with Gasteiger partial charge in [-0.25, -0.2) is 4.79 Å². The average Bonchev–Trinajstić information content (AvgIpc) is 2.99. The molecule has 2 aromatic rings. The molecule has 0 radical (unpaired) electrons. The van der Waals surface area contributed by atoms with E-state index in [1.54, 1.807) is 25.2 Å². The number of Topliss-reactive ketones (excluding diaryl/α,β-unsaturated/α-hetero) is 1. The minimum absolute atomic E-state index is 0.0281. The van der Waals surface area contributed by atoms with Crippen molar-refractivity contribution in [2.45, 2.75) is 25.4 Å². The van der Waals surface area contributed by atoms with Crippen LogP contribution in [0.2, 0.25) is 0 Å². The van der Waals surface area contributed by atoms with Gasteiger partial charge in [-0.3, -0.25) is 9.36 Å². The van der Waals surface area contributed by atoms with Crippen molar-refractivity contribution in [2.24, 2.45) is 7.05 Å². The van der Waals surface area contributed by atoms with Crippen LogP contribution in [0.1, 0.15) is 29.6 Å². The summed E-state index contributed by atoms with van der Waals surface area (Å²) in [5.74, 6) is -0.390. The topological polar surface area (TPSA) is 61.4 Å². The molecule has 0 saturated carbocycles. The maximum atomic E-state index is 12.1. The second kappa shape index (κ2) is 4.66. The highest BCUT2D eigenvalue weighted by atomic mass is 16.5. The SMILES string of the molecule is Cn1c(=O)oc2cc(C(=O)CC3CCCO3)ccc21. The minimum Gasteiger partial charge on any atom is -0.408 e. The zero-order valence-electron chi connectivity index (χ0n) is 10.7. The molecule has 1 unspecified atom stereocenters. The Labute approximate surface area is 109 Å². The van der Waals surface area contributed by atoms with Gasteiger partial charge in [-0.05, 0) is 31.0 Å². The first kappa shape index (κ1) is 12.2. The molecule has 0 amide bonds. The Morgan fingerprint density at radius 1 is 1.47 bits per heavy atom. The van der Waals surface area contributed by atoms with Crippen molar-refractivity contribution in [1.82, 2.24) is 4.57 Å². The van der Waals surface area contributed by atoms with E-state index >= 15 is 0 Å². The lowest BCUT2D eigenvalue weighted by molar-refractivity contribution is 0.0775. The molecule has 5 heteroatoms. The molecule has 1 aromatic carbocycles. The molecule has 1 aromatic heterocycles. The Morgan fingerprint density at radius 2 is 2.32 bits per heavy atom. The molecule has 1 atom stereocenters. The molecule has 19 heavy (non-hydrogen) atoms. The lowest BCUT2D eigenvalue weighted by Gasteiger charge is -2.07. The Bertz CT molecular complexity index is 676. The third-order valence-corrected chi connectivity index (χ3v) is 3.55. The quantitative estimate of drug-likeness (QED) is 0.791. The Kier molecular flexibility index (Phi) is 2.98. The second-order valence-electron chi connectivity index (χ2n) is 4.87. The van der Waals surface area contributed by atoms with Crippen molar-refractivity contribution in [3.8, 4) is 0 Å². The van der Waals surface area contributed by atoms with Crippen LogP contribution in [-0.4, -0.2) is 23.1 Å². The molecular formula is C14H15NO4. The fraction of sp³-hybridized carbons (Fsp3) is 0.429. The van der Waals surface area contributed by atoms with Gasteiger partial charge in [0.1, 0.15) is 0 Å². The highest BCUT2D eigenvalue weighted by Gasteiger charge is 2.20. The third-order valence-electron chi connectivity index (χ3n) is 3.55. The van der Waals surface area contributed by atoms with E-state index in [9.17, 15) is 9.59 Å². The van der Waals surface area contributed by atoms with Crippen LogP contribution in [0, 0.1) is 0 Å². The number of hydrogen-bond acceptors (Lipinski definition) is 4. The van der Waals surface area contributed by atoms with E-state index in [0.29, 0.717) is 23.1 Å². The van der Waals surface area contributed by atoms with Gasteiger partial charge in [0.2, 0.25) is 0 Å². The molecular weight excluding hydrogens is 246 g/mol. The summed E-state index contributed by atoms with van der Waals surface area (Å²) < 4.78 is 12.0. The molecule has 1 saturated heterocycles. The van der Waals surface area contributed by atoms with Gasteiger partial charge < -0.3 is 9.15 Å². The molecule has 0 spiro atoms. The summed E-state index contributed by atoms with van der Waals surface area (Å²) in [6, 6.07) is 5.10. The van der Waals surface area contributed by atoms with Crippen LogP contribution in [0.4, 0.5) is 0 Å². The predicted molar refractivity (Wildman–Crippen MR) is 69.4 cm³/mol. The number of ketones is 1. The zero-order chi connectivity index (χ0) is 13.4. The van der Waals surface area contributed by atoms with Crippen molar-refractivity contribution in [3.05, 3.63) is 34.3 Å². The van der Waals surface area contributed by atoms with Crippen molar-refractivity contribution < 1.29 is 13.9 Å². The van der Waals surface area contributed by atoms with Crippen LogP contribution in [0.3, 0.4) is 0 Å². The van der Waals surface area contributed by atoms with E-state index in [-0.39, 0.29) is 11.9 Å². The molecule has 5 nitrogen and oxygen atoms in total. The molecule has 0 N–H and O–H groups in total. The molecule has 1 fully saturated rings. The summed E-state index contributed by atoms with van der Waals surface area (Å²) in [7, 11) is 1.64. The summed E-state index contributed by atoms with van der Waals surface area (Å²) in [5, 5.41) is 0. The van der Waals surface area contributed by atoms with Gasteiger partial charge in [-0.2, -0.15) is 0 Å². The third kappa shape index (κ3) is 2.21. The molecule has 1 aliphatic heterocycles. The van der Waals surface area contributed by atoms with Gasteiger partial charge in [-0.1, -0.05) is 0 Å². The number of fused-ring (bicyclic) bond motifs is 1. The number of aromatic nitrogens is 1. The standard InChI is InChI=1S/C14H15NO4/c1-15-11-5-4-9(7-13(11)19-14(15)17)12(16)8-10-3-2-6-18-10/h4-5,7,10H,2-3,6,8H2,1H3. The summed E-state index contributed by atoms with van der Waals surface area (Å²) >= 11 is 0. The first-order chi connectivity index (χ1) is 9.15. The first-order valence-electron chi connectivity index (χ1n) is 6.39. The predicted octanol–water partition coefficient (Wildman–Crippen LogP) is 1.88. The van der Waals surface area contributed by atoms with Crippen molar-refractivity contribution >= 4 is 16.9 Å². The number of rotatable bonds is 3. The van der Waals surface area contributed by atoms with Crippen LogP contribution in [0.25, 0.3) is 11.1 Å². The zero-order valence-corrected chi connectivity index (χ0v) is 10.7. The number of nitrogens with zero attached hydrogens (tertiary/aromatic N) is 1. The summed E-state index contributed by atoms with van der Waals surface area (Å²) in [6.45, 7) is 0.741. The van der Waals surface area contributed by atoms with Crippen molar-refractivity contribution in [2.75, 3.05) is 6.61 Å². The number of ether oxygens (including phenoxy) is 1. The van der Waals surface area contributed by atoms with E-state index in [1.165, 1.54) is 4.57 Å². The Morgan fingerprint density at radius 3 is 3.05 bits per heavy atom. The summed E-state index contributed by atoms with van der Waals surface area (Å²) in [4.78, 5) is 23.5. The average molecular weight is 261 g/mol.